The van der Waals surface area contributed by atoms with Gasteiger partial charge in [-0.3, -0.25) is 9.59 Å². The average Bonchev–Trinajstić information content (AvgIpc) is 2.36. The van der Waals surface area contributed by atoms with E-state index in [1.54, 1.807) is 12.1 Å². The molecule has 0 fully saturated rings. The van der Waals surface area contributed by atoms with Gasteiger partial charge in [-0.2, -0.15) is 0 Å². The van der Waals surface area contributed by atoms with Crippen LogP contribution in [0.5, 0.6) is 5.75 Å². The SMILES string of the molecule is CCC(C)NC(=O)COc1c(C)cccc1C=O. The number of rotatable bonds is 6. The van der Waals surface area contributed by atoms with Gasteiger partial charge in [0.2, 0.25) is 0 Å². The Hall–Kier alpha value is -1.84. The highest BCUT2D eigenvalue weighted by Crippen LogP contribution is 2.21. The molecule has 0 heterocycles. The summed E-state index contributed by atoms with van der Waals surface area (Å²) in [7, 11) is 0. The van der Waals surface area contributed by atoms with Crippen LogP contribution in [0.25, 0.3) is 0 Å². The van der Waals surface area contributed by atoms with E-state index in [4.69, 9.17) is 4.74 Å². The van der Waals surface area contributed by atoms with Crippen molar-refractivity contribution < 1.29 is 14.3 Å². The molecule has 0 aliphatic rings. The van der Waals surface area contributed by atoms with Crippen molar-refractivity contribution in [1.29, 1.82) is 0 Å². The molecule has 0 saturated heterocycles. The van der Waals surface area contributed by atoms with Gasteiger partial charge in [-0.15, -0.1) is 0 Å². The molecule has 0 aliphatic carbocycles. The summed E-state index contributed by atoms with van der Waals surface area (Å²) in [4.78, 5) is 22.4. The van der Waals surface area contributed by atoms with E-state index in [1.165, 1.54) is 0 Å². The van der Waals surface area contributed by atoms with Gasteiger partial charge in [0.05, 0.1) is 5.56 Å². The summed E-state index contributed by atoms with van der Waals surface area (Å²) >= 11 is 0. The first kappa shape index (κ1) is 14.2. The number of aldehydes is 1. The molecule has 4 nitrogen and oxygen atoms in total. The highest BCUT2D eigenvalue weighted by Gasteiger charge is 2.10. The van der Waals surface area contributed by atoms with E-state index >= 15 is 0 Å². The first-order chi connectivity index (χ1) is 8.58. The first-order valence-electron chi connectivity index (χ1n) is 6.05. The fourth-order valence-corrected chi connectivity index (χ4v) is 1.52. The largest absolute Gasteiger partial charge is 0.483 e. The fraction of sp³-hybridized carbons (Fsp3) is 0.429. The molecule has 1 unspecified atom stereocenters. The predicted molar refractivity (Wildman–Crippen MR) is 70.0 cm³/mol. The number of ether oxygens (including phenoxy) is 1. The molecule has 1 atom stereocenters. The Morgan fingerprint density at radius 1 is 1.50 bits per heavy atom. The lowest BCUT2D eigenvalue weighted by atomic mass is 10.1. The van der Waals surface area contributed by atoms with E-state index in [2.05, 4.69) is 5.32 Å². The minimum absolute atomic E-state index is 0.0734. The molecule has 1 N–H and O–H groups in total. The molecule has 18 heavy (non-hydrogen) atoms. The van der Waals surface area contributed by atoms with Crippen molar-refractivity contribution in [1.82, 2.24) is 5.32 Å². The summed E-state index contributed by atoms with van der Waals surface area (Å²) in [6.45, 7) is 5.70. The van der Waals surface area contributed by atoms with Crippen molar-refractivity contribution in [2.24, 2.45) is 0 Å². The number of benzene rings is 1. The lowest BCUT2D eigenvalue weighted by Crippen LogP contribution is -2.35. The predicted octanol–water partition coefficient (Wildman–Crippen LogP) is 2.10. The third-order valence-electron chi connectivity index (χ3n) is 2.74. The summed E-state index contributed by atoms with van der Waals surface area (Å²) in [5.74, 6) is 0.302. The minimum Gasteiger partial charge on any atom is -0.483 e. The molecule has 1 aromatic rings. The van der Waals surface area contributed by atoms with Gasteiger partial charge in [-0.1, -0.05) is 19.1 Å². The van der Waals surface area contributed by atoms with Crippen molar-refractivity contribution in [3.63, 3.8) is 0 Å². The summed E-state index contributed by atoms with van der Waals surface area (Å²) < 4.78 is 5.42. The van der Waals surface area contributed by atoms with Gasteiger partial charge < -0.3 is 10.1 Å². The first-order valence-corrected chi connectivity index (χ1v) is 6.05. The number of nitrogens with one attached hydrogen (secondary N) is 1. The second-order valence-electron chi connectivity index (χ2n) is 4.28. The molecule has 1 rings (SSSR count). The van der Waals surface area contributed by atoms with E-state index in [9.17, 15) is 9.59 Å². The summed E-state index contributed by atoms with van der Waals surface area (Å²) in [6.07, 6.45) is 1.60. The van der Waals surface area contributed by atoms with Crippen molar-refractivity contribution in [3.8, 4) is 5.75 Å². The summed E-state index contributed by atoms with van der Waals surface area (Å²) in [6, 6.07) is 5.42. The van der Waals surface area contributed by atoms with Crippen LogP contribution in [0.15, 0.2) is 18.2 Å². The van der Waals surface area contributed by atoms with Crippen LogP contribution in [0.1, 0.15) is 36.2 Å². The number of carbonyl (C=O) groups is 2. The third-order valence-corrected chi connectivity index (χ3v) is 2.74. The van der Waals surface area contributed by atoms with E-state index in [-0.39, 0.29) is 18.6 Å². The fourth-order valence-electron chi connectivity index (χ4n) is 1.52. The van der Waals surface area contributed by atoms with Crippen LogP contribution in [0.2, 0.25) is 0 Å². The lowest BCUT2D eigenvalue weighted by molar-refractivity contribution is -0.123. The van der Waals surface area contributed by atoms with Crippen LogP contribution in [-0.2, 0) is 4.79 Å². The Balaban J connectivity index is 2.63. The molecule has 0 radical (unpaired) electrons. The van der Waals surface area contributed by atoms with Gasteiger partial charge in [-0.05, 0) is 31.9 Å². The monoisotopic (exact) mass is 249 g/mol. The topological polar surface area (TPSA) is 55.4 Å². The second kappa shape index (κ2) is 6.79. The normalized spacial score (nSPS) is 11.7. The molecule has 0 spiro atoms. The van der Waals surface area contributed by atoms with Gasteiger partial charge in [0.1, 0.15) is 5.75 Å². The van der Waals surface area contributed by atoms with Crippen LogP contribution in [-0.4, -0.2) is 24.8 Å². The van der Waals surface area contributed by atoms with E-state index in [0.717, 1.165) is 18.3 Å². The summed E-state index contributed by atoms with van der Waals surface area (Å²) in [5.41, 5.74) is 1.31. The zero-order valence-electron chi connectivity index (χ0n) is 11.0. The number of aryl methyl sites for hydroxylation is 1. The number of para-hydroxylation sites is 1. The molecule has 0 aliphatic heterocycles. The van der Waals surface area contributed by atoms with Crippen molar-refractivity contribution >= 4 is 12.2 Å². The van der Waals surface area contributed by atoms with Gasteiger partial charge >= 0.3 is 0 Å². The molecule has 0 bridgehead atoms. The molecule has 0 saturated carbocycles. The van der Waals surface area contributed by atoms with Crippen molar-refractivity contribution in [3.05, 3.63) is 29.3 Å². The van der Waals surface area contributed by atoms with Crippen LogP contribution in [0.4, 0.5) is 0 Å². The molecule has 98 valence electrons. The standard InChI is InChI=1S/C14H19NO3/c1-4-11(3)15-13(17)9-18-14-10(2)6-5-7-12(14)8-16/h5-8,11H,4,9H2,1-3H3,(H,15,17). The van der Waals surface area contributed by atoms with Crippen LogP contribution in [0, 0.1) is 6.92 Å². The van der Waals surface area contributed by atoms with Crippen LogP contribution in [0.3, 0.4) is 0 Å². The van der Waals surface area contributed by atoms with Crippen LogP contribution >= 0.6 is 0 Å². The smallest absolute Gasteiger partial charge is 0.258 e. The van der Waals surface area contributed by atoms with Gasteiger partial charge in [0.25, 0.3) is 5.91 Å². The maximum atomic E-state index is 11.6. The number of carbonyl (C=O) groups excluding carboxylic acids is 2. The van der Waals surface area contributed by atoms with Gasteiger partial charge in [0.15, 0.2) is 12.9 Å². The second-order valence-corrected chi connectivity index (χ2v) is 4.28. The Morgan fingerprint density at radius 3 is 2.83 bits per heavy atom. The number of hydrogen-bond donors (Lipinski definition) is 1. The molecule has 4 heteroatoms. The maximum Gasteiger partial charge on any atom is 0.258 e. The summed E-state index contributed by atoms with van der Waals surface area (Å²) in [5, 5.41) is 2.80. The lowest BCUT2D eigenvalue weighted by Gasteiger charge is -2.14. The molecular weight excluding hydrogens is 230 g/mol. The zero-order chi connectivity index (χ0) is 13.5. The number of amides is 1. The Bertz CT molecular complexity index is 429. The van der Waals surface area contributed by atoms with E-state index < -0.39 is 0 Å². The molecule has 0 aromatic heterocycles. The van der Waals surface area contributed by atoms with E-state index in [1.807, 2.05) is 26.8 Å². The van der Waals surface area contributed by atoms with Crippen molar-refractivity contribution in [2.75, 3.05) is 6.61 Å². The van der Waals surface area contributed by atoms with Gasteiger partial charge in [0, 0.05) is 6.04 Å². The molecular formula is C14H19NO3. The zero-order valence-corrected chi connectivity index (χ0v) is 11.0. The average molecular weight is 249 g/mol. The van der Waals surface area contributed by atoms with Gasteiger partial charge in [-0.25, -0.2) is 0 Å². The molecule has 1 amide bonds. The highest BCUT2D eigenvalue weighted by atomic mass is 16.5. The van der Waals surface area contributed by atoms with Crippen LogP contribution < -0.4 is 10.1 Å². The molecule has 1 aromatic carbocycles. The van der Waals surface area contributed by atoms with E-state index in [0.29, 0.717) is 11.3 Å². The number of hydrogen-bond acceptors (Lipinski definition) is 3. The quantitative estimate of drug-likeness (QED) is 0.785. The third kappa shape index (κ3) is 3.87. The Morgan fingerprint density at radius 2 is 2.22 bits per heavy atom. The highest BCUT2D eigenvalue weighted by molar-refractivity contribution is 5.81. The minimum atomic E-state index is -0.176. The maximum absolute atomic E-state index is 11.6. The van der Waals surface area contributed by atoms with Crippen molar-refractivity contribution in [2.45, 2.75) is 33.2 Å². The Labute approximate surface area is 107 Å². The Kier molecular flexibility index (Phi) is 5.36.